The molecule has 0 fully saturated rings. The highest BCUT2D eigenvalue weighted by molar-refractivity contribution is 5.91. The number of ether oxygens (including phenoxy) is 1. The number of benzene rings is 2. The van der Waals surface area contributed by atoms with Crippen molar-refractivity contribution in [1.29, 1.82) is 5.26 Å². The Morgan fingerprint density at radius 2 is 2.00 bits per heavy atom. The number of anilines is 1. The van der Waals surface area contributed by atoms with Crippen molar-refractivity contribution in [1.82, 2.24) is 0 Å². The number of halogens is 2. The lowest BCUT2D eigenvalue weighted by atomic mass is 10.2. The first-order valence-corrected chi connectivity index (χ1v) is 5.96. The second-order valence-electron chi connectivity index (χ2n) is 4.11. The van der Waals surface area contributed by atoms with Crippen LogP contribution in [0.4, 0.5) is 14.5 Å². The molecule has 0 bridgehead atoms. The zero-order valence-electron chi connectivity index (χ0n) is 10.8. The first-order valence-electron chi connectivity index (χ1n) is 5.96. The van der Waals surface area contributed by atoms with Gasteiger partial charge in [0.25, 0.3) is 5.91 Å². The first kappa shape index (κ1) is 14.5. The predicted octanol–water partition coefficient (Wildman–Crippen LogP) is 2.85. The van der Waals surface area contributed by atoms with Crippen LogP contribution in [0.25, 0.3) is 0 Å². The highest BCUT2D eigenvalue weighted by atomic mass is 19.2. The van der Waals surface area contributed by atoms with Crippen LogP contribution in [0.15, 0.2) is 42.5 Å². The third kappa shape index (κ3) is 4.01. The number of nitrogens with zero attached hydrogens (tertiary/aromatic N) is 1. The summed E-state index contributed by atoms with van der Waals surface area (Å²) in [7, 11) is 0. The van der Waals surface area contributed by atoms with Crippen LogP contribution in [-0.2, 0) is 4.79 Å². The minimum atomic E-state index is -1.05. The number of nitrogens with one attached hydrogen (secondary N) is 1. The molecule has 21 heavy (non-hydrogen) atoms. The summed E-state index contributed by atoms with van der Waals surface area (Å²) in [5.74, 6) is -2.19. The maximum absolute atomic E-state index is 13.0. The fraction of sp³-hybridized carbons (Fsp3) is 0.0667. The standard InChI is InChI=1S/C15H10F2N2O2/c16-13-5-4-11(7-14(13)17)19-15(20)9-21-12-3-1-2-10(6-12)8-18/h1-7H,9H2,(H,19,20). The molecular weight excluding hydrogens is 278 g/mol. The molecule has 0 saturated carbocycles. The SMILES string of the molecule is N#Cc1cccc(OCC(=O)Nc2ccc(F)c(F)c2)c1. The lowest BCUT2D eigenvalue weighted by molar-refractivity contribution is -0.118. The van der Waals surface area contributed by atoms with E-state index in [1.165, 1.54) is 12.1 Å². The van der Waals surface area contributed by atoms with Crippen molar-refractivity contribution in [2.24, 2.45) is 0 Å². The van der Waals surface area contributed by atoms with Crippen molar-refractivity contribution >= 4 is 11.6 Å². The van der Waals surface area contributed by atoms with E-state index in [-0.39, 0.29) is 12.3 Å². The van der Waals surface area contributed by atoms with Crippen LogP contribution in [0.5, 0.6) is 5.75 Å². The molecule has 0 aliphatic carbocycles. The molecule has 2 aromatic rings. The van der Waals surface area contributed by atoms with E-state index in [9.17, 15) is 13.6 Å². The van der Waals surface area contributed by atoms with Gasteiger partial charge >= 0.3 is 0 Å². The van der Waals surface area contributed by atoms with E-state index in [4.69, 9.17) is 10.00 Å². The van der Waals surface area contributed by atoms with E-state index in [0.29, 0.717) is 11.3 Å². The number of carbonyl (C=O) groups is 1. The number of carbonyl (C=O) groups excluding carboxylic acids is 1. The van der Waals surface area contributed by atoms with Gasteiger partial charge in [0.15, 0.2) is 18.2 Å². The number of rotatable bonds is 4. The van der Waals surface area contributed by atoms with E-state index in [2.05, 4.69) is 5.32 Å². The molecule has 0 unspecified atom stereocenters. The lowest BCUT2D eigenvalue weighted by Crippen LogP contribution is -2.20. The van der Waals surface area contributed by atoms with Gasteiger partial charge in [-0.25, -0.2) is 8.78 Å². The van der Waals surface area contributed by atoms with Crippen molar-refractivity contribution in [2.45, 2.75) is 0 Å². The average Bonchev–Trinajstić information content (AvgIpc) is 2.49. The second-order valence-corrected chi connectivity index (χ2v) is 4.11. The third-order valence-electron chi connectivity index (χ3n) is 2.54. The Bertz CT molecular complexity index is 711. The highest BCUT2D eigenvalue weighted by Gasteiger charge is 2.07. The minimum absolute atomic E-state index is 0.133. The van der Waals surface area contributed by atoms with Crippen molar-refractivity contribution in [2.75, 3.05) is 11.9 Å². The molecule has 0 aliphatic rings. The number of amides is 1. The molecule has 0 saturated heterocycles. The fourth-order valence-electron chi connectivity index (χ4n) is 1.58. The summed E-state index contributed by atoms with van der Waals surface area (Å²) in [6.07, 6.45) is 0. The van der Waals surface area contributed by atoms with Crippen LogP contribution in [0.1, 0.15) is 5.56 Å². The Labute approximate surface area is 119 Å². The van der Waals surface area contributed by atoms with Gasteiger partial charge < -0.3 is 10.1 Å². The van der Waals surface area contributed by atoms with E-state index >= 15 is 0 Å². The molecule has 2 rings (SSSR count). The van der Waals surface area contributed by atoms with Gasteiger partial charge in [-0.05, 0) is 30.3 Å². The lowest BCUT2D eigenvalue weighted by Gasteiger charge is -2.08. The summed E-state index contributed by atoms with van der Waals surface area (Å²) in [4.78, 5) is 11.6. The Kier molecular flexibility index (Phi) is 4.46. The molecule has 106 valence electrons. The quantitative estimate of drug-likeness (QED) is 0.941. The van der Waals surface area contributed by atoms with Crippen molar-refractivity contribution in [3.05, 3.63) is 59.7 Å². The molecule has 1 amide bonds. The van der Waals surface area contributed by atoms with Gasteiger partial charge in [0.2, 0.25) is 0 Å². The molecule has 2 aromatic carbocycles. The summed E-state index contributed by atoms with van der Waals surface area (Å²) in [5, 5.41) is 11.1. The number of hydrogen-bond donors (Lipinski definition) is 1. The van der Waals surface area contributed by atoms with Crippen LogP contribution >= 0.6 is 0 Å². The largest absolute Gasteiger partial charge is 0.484 e. The summed E-state index contributed by atoms with van der Waals surface area (Å²) in [5.41, 5.74) is 0.543. The van der Waals surface area contributed by atoms with E-state index in [0.717, 1.165) is 12.1 Å². The zero-order valence-corrected chi connectivity index (χ0v) is 10.8. The average molecular weight is 288 g/mol. The van der Waals surface area contributed by atoms with Gasteiger partial charge in [-0.1, -0.05) is 6.07 Å². The van der Waals surface area contributed by atoms with Crippen molar-refractivity contribution in [3.8, 4) is 11.8 Å². The topological polar surface area (TPSA) is 62.1 Å². The Balaban J connectivity index is 1.92. The van der Waals surface area contributed by atoms with Crippen LogP contribution in [0.2, 0.25) is 0 Å². The normalized spacial score (nSPS) is 9.76. The van der Waals surface area contributed by atoms with Crippen LogP contribution in [0, 0.1) is 23.0 Å². The van der Waals surface area contributed by atoms with Crippen LogP contribution in [-0.4, -0.2) is 12.5 Å². The minimum Gasteiger partial charge on any atom is -0.484 e. The maximum Gasteiger partial charge on any atom is 0.262 e. The highest BCUT2D eigenvalue weighted by Crippen LogP contribution is 2.14. The first-order chi connectivity index (χ1) is 10.1. The zero-order chi connectivity index (χ0) is 15.2. The van der Waals surface area contributed by atoms with Gasteiger partial charge in [-0.2, -0.15) is 5.26 Å². The molecule has 1 N–H and O–H groups in total. The summed E-state index contributed by atoms with van der Waals surface area (Å²) in [6.45, 7) is -0.312. The second kappa shape index (κ2) is 6.48. The Hall–Kier alpha value is -2.94. The summed E-state index contributed by atoms with van der Waals surface area (Å²) in [6, 6.07) is 11.3. The Morgan fingerprint density at radius 3 is 2.71 bits per heavy atom. The van der Waals surface area contributed by atoms with Gasteiger partial charge in [0.1, 0.15) is 5.75 Å². The molecular formula is C15H10F2N2O2. The monoisotopic (exact) mass is 288 g/mol. The number of hydrogen-bond acceptors (Lipinski definition) is 3. The number of nitriles is 1. The van der Waals surface area contributed by atoms with E-state index in [1.807, 2.05) is 6.07 Å². The Morgan fingerprint density at radius 1 is 1.19 bits per heavy atom. The molecule has 0 spiro atoms. The third-order valence-corrected chi connectivity index (χ3v) is 2.54. The van der Waals surface area contributed by atoms with Gasteiger partial charge in [0.05, 0.1) is 11.6 Å². The van der Waals surface area contributed by atoms with Gasteiger partial charge in [-0.3, -0.25) is 4.79 Å². The van der Waals surface area contributed by atoms with E-state index in [1.54, 1.807) is 18.2 Å². The smallest absolute Gasteiger partial charge is 0.262 e. The molecule has 0 aromatic heterocycles. The molecule has 6 heteroatoms. The van der Waals surface area contributed by atoms with E-state index < -0.39 is 17.5 Å². The van der Waals surface area contributed by atoms with Gasteiger partial charge in [-0.15, -0.1) is 0 Å². The molecule has 0 radical (unpaired) electrons. The maximum atomic E-state index is 13.0. The molecule has 0 aliphatic heterocycles. The van der Waals surface area contributed by atoms with Crippen LogP contribution in [0.3, 0.4) is 0 Å². The molecule has 4 nitrogen and oxygen atoms in total. The fourth-order valence-corrected chi connectivity index (χ4v) is 1.58. The molecule has 0 heterocycles. The molecule has 0 atom stereocenters. The van der Waals surface area contributed by atoms with Crippen LogP contribution < -0.4 is 10.1 Å². The summed E-state index contributed by atoms with van der Waals surface area (Å²) < 4.78 is 30.9. The van der Waals surface area contributed by atoms with Gasteiger partial charge in [0, 0.05) is 11.8 Å². The van der Waals surface area contributed by atoms with Crippen molar-refractivity contribution in [3.63, 3.8) is 0 Å². The van der Waals surface area contributed by atoms with Crippen molar-refractivity contribution < 1.29 is 18.3 Å². The predicted molar refractivity (Wildman–Crippen MR) is 71.6 cm³/mol. The summed E-state index contributed by atoms with van der Waals surface area (Å²) >= 11 is 0.